The first kappa shape index (κ1) is 8.97. The average molecular weight is 165 g/mol. The lowest BCUT2D eigenvalue weighted by Crippen LogP contribution is -2.17. The van der Waals surface area contributed by atoms with E-state index in [0.717, 1.165) is 12.4 Å². The molecule has 0 spiro atoms. The normalized spacial score (nSPS) is 17.7. The Labute approximate surface area is 73.3 Å². The molecule has 0 radical (unpaired) electrons. The van der Waals surface area contributed by atoms with Crippen LogP contribution >= 0.6 is 0 Å². The summed E-state index contributed by atoms with van der Waals surface area (Å²) in [6, 6.07) is 0. The standard InChI is InChI=1S/C9H15N3/c1-7(2)4-11-9-8(3)5-10-6-12-9/h4,6-7H,5H2,1-3H3,(H,10,12). The van der Waals surface area contributed by atoms with Crippen molar-refractivity contribution in [3.8, 4) is 0 Å². The molecule has 1 heterocycles. The van der Waals surface area contributed by atoms with E-state index in [1.54, 1.807) is 6.34 Å². The largest absolute Gasteiger partial charge is 0.331 e. The van der Waals surface area contributed by atoms with Crippen molar-refractivity contribution in [3.05, 3.63) is 11.4 Å². The van der Waals surface area contributed by atoms with Gasteiger partial charge in [-0.3, -0.25) is 4.99 Å². The first-order valence-corrected chi connectivity index (χ1v) is 4.19. The zero-order chi connectivity index (χ0) is 8.97. The van der Waals surface area contributed by atoms with E-state index in [9.17, 15) is 0 Å². The smallest absolute Gasteiger partial charge is 0.131 e. The summed E-state index contributed by atoms with van der Waals surface area (Å²) in [6.45, 7) is 7.01. The maximum absolute atomic E-state index is 4.32. The Morgan fingerprint density at radius 3 is 3.00 bits per heavy atom. The molecule has 12 heavy (non-hydrogen) atoms. The van der Waals surface area contributed by atoms with Gasteiger partial charge in [0.25, 0.3) is 0 Å². The van der Waals surface area contributed by atoms with E-state index in [-0.39, 0.29) is 0 Å². The highest BCUT2D eigenvalue weighted by molar-refractivity contribution is 5.65. The highest BCUT2D eigenvalue weighted by atomic mass is 15.1. The molecule has 1 aliphatic rings. The van der Waals surface area contributed by atoms with Gasteiger partial charge in [-0.25, -0.2) is 4.99 Å². The molecule has 0 aromatic heterocycles. The highest BCUT2D eigenvalue weighted by Gasteiger charge is 2.01. The predicted octanol–water partition coefficient (Wildman–Crippen LogP) is 1.58. The van der Waals surface area contributed by atoms with Gasteiger partial charge in [-0.05, 0) is 18.4 Å². The van der Waals surface area contributed by atoms with Crippen LogP contribution in [0.2, 0.25) is 0 Å². The molecular formula is C9H15N3. The molecule has 0 saturated heterocycles. The summed E-state index contributed by atoms with van der Waals surface area (Å²) < 4.78 is 0. The molecule has 0 fully saturated rings. The van der Waals surface area contributed by atoms with Gasteiger partial charge in [0.15, 0.2) is 0 Å². The Balaban J connectivity index is 2.62. The number of nitrogens with one attached hydrogen (secondary N) is 1. The van der Waals surface area contributed by atoms with E-state index >= 15 is 0 Å². The van der Waals surface area contributed by atoms with Gasteiger partial charge in [0.2, 0.25) is 0 Å². The third-order valence-electron chi connectivity index (χ3n) is 1.53. The monoisotopic (exact) mass is 165 g/mol. The number of hydrogen-bond acceptors (Lipinski definition) is 3. The van der Waals surface area contributed by atoms with Crippen LogP contribution in [0.5, 0.6) is 0 Å². The summed E-state index contributed by atoms with van der Waals surface area (Å²) >= 11 is 0. The van der Waals surface area contributed by atoms with Crippen LogP contribution in [0.1, 0.15) is 20.8 Å². The topological polar surface area (TPSA) is 36.8 Å². The lowest BCUT2D eigenvalue weighted by atomic mass is 10.2. The molecule has 0 aromatic carbocycles. The van der Waals surface area contributed by atoms with E-state index in [2.05, 4.69) is 29.1 Å². The van der Waals surface area contributed by atoms with Crippen LogP contribution in [0.15, 0.2) is 21.4 Å². The zero-order valence-electron chi connectivity index (χ0n) is 7.83. The van der Waals surface area contributed by atoms with Crippen molar-refractivity contribution in [2.45, 2.75) is 20.8 Å². The van der Waals surface area contributed by atoms with Crippen LogP contribution < -0.4 is 5.32 Å². The first-order valence-electron chi connectivity index (χ1n) is 4.19. The van der Waals surface area contributed by atoms with Crippen molar-refractivity contribution < 1.29 is 0 Å². The Hall–Kier alpha value is -1.12. The fraction of sp³-hybridized carbons (Fsp3) is 0.556. The minimum Gasteiger partial charge on any atom is -0.331 e. The Kier molecular flexibility index (Phi) is 3.02. The summed E-state index contributed by atoms with van der Waals surface area (Å²) in [7, 11) is 0. The SMILES string of the molecule is CC1=C(N=CC(C)C)NC=NC1. The van der Waals surface area contributed by atoms with E-state index < -0.39 is 0 Å². The molecule has 3 heteroatoms. The minimum atomic E-state index is 0.492. The molecule has 1 rings (SSSR count). The van der Waals surface area contributed by atoms with Crippen molar-refractivity contribution in [2.75, 3.05) is 6.54 Å². The average Bonchev–Trinajstić information content (AvgIpc) is 2.03. The van der Waals surface area contributed by atoms with Gasteiger partial charge in [-0.1, -0.05) is 13.8 Å². The highest BCUT2D eigenvalue weighted by Crippen LogP contribution is 2.05. The number of aliphatic imine (C=N–C) groups is 2. The fourth-order valence-electron chi connectivity index (χ4n) is 0.859. The van der Waals surface area contributed by atoms with Crippen molar-refractivity contribution in [3.63, 3.8) is 0 Å². The Morgan fingerprint density at radius 1 is 1.67 bits per heavy atom. The van der Waals surface area contributed by atoms with E-state index in [1.807, 2.05) is 13.1 Å². The van der Waals surface area contributed by atoms with Crippen LogP contribution in [0.25, 0.3) is 0 Å². The van der Waals surface area contributed by atoms with Gasteiger partial charge in [-0.15, -0.1) is 0 Å². The number of nitrogens with zero attached hydrogens (tertiary/aromatic N) is 2. The molecule has 0 unspecified atom stereocenters. The molecule has 0 amide bonds. The maximum atomic E-state index is 4.32. The van der Waals surface area contributed by atoms with Gasteiger partial charge in [0, 0.05) is 6.21 Å². The van der Waals surface area contributed by atoms with Gasteiger partial charge in [0.05, 0.1) is 12.9 Å². The number of rotatable bonds is 2. The lowest BCUT2D eigenvalue weighted by Gasteiger charge is -2.10. The Bertz CT molecular complexity index is 236. The summed E-state index contributed by atoms with van der Waals surface area (Å²) in [4.78, 5) is 8.38. The van der Waals surface area contributed by atoms with E-state index in [0.29, 0.717) is 5.92 Å². The minimum absolute atomic E-state index is 0.492. The fourth-order valence-corrected chi connectivity index (χ4v) is 0.859. The van der Waals surface area contributed by atoms with E-state index in [1.165, 1.54) is 5.57 Å². The lowest BCUT2D eigenvalue weighted by molar-refractivity contribution is 0.889. The Morgan fingerprint density at radius 2 is 2.42 bits per heavy atom. The molecule has 0 aliphatic carbocycles. The second-order valence-electron chi connectivity index (χ2n) is 3.27. The van der Waals surface area contributed by atoms with Crippen LogP contribution in [0, 0.1) is 5.92 Å². The van der Waals surface area contributed by atoms with Crippen molar-refractivity contribution >= 4 is 12.6 Å². The van der Waals surface area contributed by atoms with Crippen LogP contribution in [-0.4, -0.2) is 19.1 Å². The summed E-state index contributed by atoms with van der Waals surface area (Å²) in [5.41, 5.74) is 1.19. The molecule has 0 aromatic rings. The molecule has 3 nitrogen and oxygen atoms in total. The number of hydrogen-bond donors (Lipinski definition) is 1. The van der Waals surface area contributed by atoms with Gasteiger partial charge < -0.3 is 5.32 Å². The summed E-state index contributed by atoms with van der Waals surface area (Å²) in [6.07, 6.45) is 3.63. The van der Waals surface area contributed by atoms with Crippen LogP contribution in [0.3, 0.4) is 0 Å². The summed E-state index contributed by atoms with van der Waals surface area (Å²) in [5, 5.41) is 3.01. The van der Waals surface area contributed by atoms with Gasteiger partial charge >= 0.3 is 0 Å². The second-order valence-corrected chi connectivity index (χ2v) is 3.27. The van der Waals surface area contributed by atoms with Crippen molar-refractivity contribution in [1.29, 1.82) is 0 Å². The molecule has 0 bridgehead atoms. The van der Waals surface area contributed by atoms with Crippen LogP contribution in [0.4, 0.5) is 0 Å². The van der Waals surface area contributed by atoms with Gasteiger partial charge in [0.1, 0.15) is 5.82 Å². The molecule has 1 N–H and O–H groups in total. The quantitative estimate of drug-likeness (QED) is 0.620. The molecule has 1 aliphatic heterocycles. The maximum Gasteiger partial charge on any atom is 0.131 e. The van der Waals surface area contributed by atoms with Gasteiger partial charge in [-0.2, -0.15) is 0 Å². The first-order chi connectivity index (χ1) is 5.70. The third kappa shape index (κ3) is 2.49. The summed E-state index contributed by atoms with van der Waals surface area (Å²) in [5.74, 6) is 1.43. The molecule has 66 valence electrons. The molecular weight excluding hydrogens is 150 g/mol. The van der Waals surface area contributed by atoms with Crippen molar-refractivity contribution in [1.82, 2.24) is 5.32 Å². The van der Waals surface area contributed by atoms with E-state index in [4.69, 9.17) is 0 Å². The zero-order valence-corrected chi connectivity index (χ0v) is 7.83. The van der Waals surface area contributed by atoms with Crippen LogP contribution in [-0.2, 0) is 0 Å². The third-order valence-corrected chi connectivity index (χ3v) is 1.53. The van der Waals surface area contributed by atoms with Crippen molar-refractivity contribution in [2.24, 2.45) is 15.9 Å². The second kappa shape index (κ2) is 4.04. The predicted molar refractivity (Wildman–Crippen MR) is 52.5 cm³/mol. The molecule has 0 saturated carbocycles. The molecule has 0 atom stereocenters.